The average Bonchev–Trinajstić information content (AvgIpc) is 3.11. The van der Waals surface area contributed by atoms with E-state index in [0.29, 0.717) is 12.1 Å². The fraction of sp³-hybridized carbons (Fsp3) is 0.412. The number of carbonyl (C=O) groups is 1. The number of aromatic nitrogens is 2. The third-order valence-corrected chi connectivity index (χ3v) is 4.34. The number of carbonyl (C=O) groups excluding carboxylic acids is 1. The highest BCUT2D eigenvalue weighted by Gasteiger charge is 2.25. The standard InChI is InChI=1S/C17H23N3O2/c1-3-17(4-2,13-21)12-19-16(22)14-7-8-15(18-11-14)20-9-5-6-10-20/h5-11,21H,3-4,12-13H2,1-2H3,(H,19,22). The Kier molecular flexibility index (Phi) is 5.33. The lowest BCUT2D eigenvalue weighted by Crippen LogP contribution is -2.39. The van der Waals surface area contributed by atoms with Crippen LogP contribution in [0.2, 0.25) is 0 Å². The first-order valence-corrected chi connectivity index (χ1v) is 7.62. The van der Waals surface area contributed by atoms with Crippen molar-refractivity contribution in [3.63, 3.8) is 0 Å². The van der Waals surface area contributed by atoms with Gasteiger partial charge in [0.15, 0.2) is 0 Å². The van der Waals surface area contributed by atoms with Crippen molar-refractivity contribution in [1.29, 1.82) is 0 Å². The molecule has 5 nitrogen and oxygen atoms in total. The molecule has 5 heteroatoms. The van der Waals surface area contributed by atoms with Gasteiger partial charge in [-0.3, -0.25) is 4.79 Å². The van der Waals surface area contributed by atoms with Crippen molar-refractivity contribution >= 4 is 5.91 Å². The molecule has 2 aromatic rings. The van der Waals surface area contributed by atoms with Crippen LogP contribution in [-0.2, 0) is 0 Å². The average molecular weight is 301 g/mol. The molecule has 0 spiro atoms. The van der Waals surface area contributed by atoms with Gasteiger partial charge in [-0.25, -0.2) is 4.98 Å². The number of hydrogen-bond donors (Lipinski definition) is 2. The summed E-state index contributed by atoms with van der Waals surface area (Å²) in [5.41, 5.74) is 0.281. The first-order valence-electron chi connectivity index (χ1n) is 7.62. The second-order valence-electron chi connectivity index (χ2n) is 5.54. The van der Waals surface area contributed by atoms with E-state index in [-0.39, 0.29) is 17.9 Å². The van der Waals surface area contributed by atoms with Crippen molar-refractivity contribution in [3.8, 4) is 5.82 Å². The van der Waals surface area contributed by atoms with E-state index in [1.165, 1.54) is 0 Å². The maximum atomic E-state index is 12.2. The number of nitrogens with one attached hydrogen (secondary N) is 1. The summed E-state index contributed by atoms with van der Waals surface area (Å²) in [6.45, 7) is 4.60. The predicted molar refractivity (Wildman–Crippen MR) is 86.0 cm³/mol. The molecule has 0 fully saturated rings. The van der Waals surface area contributed by atoms with Gasteiger partial charge < -0.3 is 15.0 Å². The number of nitrogens with zero attached hydrogens (tertiary/aromatic N) is 2. The Morgan fingerprint density at radius 2 is 1.95 bits per heavy atom. The Hall–Kier alpha value is -2.14. The monoisotopic (exact) mass is 301 g/mol. The summed E-state index contributed by atoms with van der Waals surface area (Å²) in [6, 6.07) is 7.42. The van der Waals surface area contributed by atoms with Crippen molar-refractivity contribution in [1.82, 2.24) is 14.9 Å². The first kappa shape index (κ1) is 16.2. The summed E-state index contributed by atoms with van der Waals surface area (Å²) < 4.78 is 1.88. The normalized spacial score (nSPS) is 11.4. The number of rotatable bonds is 7. The quantitative estimate of drug-likeness (QED) is 0.825. The lowest BCUT2D eigenvalue weighted by atomic mass is 9.83. The molecule has 0 bridgehead atoms. The van der Waals surface area contributed by atoms with Crippen LogP contribution >= 0.6 is 0 Å². The Balaban J connectivity index is 2.01. The summed E-state index contributed by atoms with van der Waals surface area (Å²) in [4.78, 5) is 16.5. The summed E-state index contributed by atoms with van der Waals surface area (Å²) >= 11 is 0. The third-order valence-electron chi connectivity index (χ3n) is 4.34. The molecule has 2 heterocycles. The molecule has 0 atom stereocenters. The molecule has 0 saturated carbocycles. The van der Waals surface area contributed by atoms with Gasteiger partial charge in [0.05, 0.1) is 12.2 Å². The molecule has 1 amide bonds. The van der Waals surface area contributed by atoms with Gasteiger partial charge in [-0.05, 0) is 37.1 Å². The fourth-order valence-corrected chi connectivity index (χ4v) is 2.31. The van der Waals surface area contributed by atoms with E-state index < -0.39 is 0 Å². The maximum Gasteiger partial charge on any atom is 0.252 e. The molecule has 0 aliphatic rings. The molecule has 118 valence electrons. The molecule has 0 aliphatic heterocycles. The topological polar surface area (TPSA) is 67.2 Å². The van der Waals surface area contributed by atoms with Crippen LogP contribution in [0.1, 0.15) is 37.0 Å². The third kappa shape index (κ3) is 3.54. The first-order chi connectivity index (χ1) is 10.6. The lowest BCUT2D eigenvalue weighted by molar-refractivity contribution is 0.0851. The fourth-order valence-electron chi connectivity index (χ4n) is 2.31. The Labute approximate surface area is 131 Å². The van der Waals surface area contributed by atoms with E-state index in [4.69, 9.17) is 0 Å². The smallest absolute Gasteiger partial charge is 0.252 e. The van der Waals surface area contributed by atoms with E-state index in [0.717, 1.165) is 18.7 Å². The maximum absolute atomic E-state index is 12.2. The van der Waals surface area contributed by atoms with Crippen molar-refractivity contribution < 1.29 is 9.90 Å². The number of pyridine rings is 1. The van der Waals surface area contributed by atoms with Crippen LogP contribution in [0.3, 0.4) is 0 Å². The molecular weight excluding hydrogens is 278 g/mol. The molecule has 0 unspecified atom stereocenters. The van der Waals surface area contributed by atoms with Gasteiger partial charge in [0.2, 0.25) is 0 Å². The molecule has 2 aromatic heterocycles. The van der Waals surface area contributed by atoms with E-state index in [1.54, 1.807) is 12.3 Å². The minimum absolute atomic E-state index is 0.0745. The highest BCUT2D eigenvalue weighted by Crippen LogP contribution is 2.24. The largest absolute Gasteiger partial charge is 0.396 e. The zero-order valence-corrected chi connectivity index (χ0v) is 13.1. The molecule has 0 saturated heterocycles. The van der Waals surface area contributed by atoms with Gasteiger partial charge in [-0.1, -0.05) is 13.8 Å². The molecular formula is C17H23N3O2. The Bertz CT molecular complexity index is 579. The van der Waals surface area contributed by atoms with E-state index in [1.807, 2.05) is 49.0 Å². The van der Waals surface area contributed by atoms with Crippen molar-refractivity contribution in [2.24, 2.45) is 5.41 Å². The summed E-state index contributed by atoms with van der Waals surface area (Å²) in [7, 11) is 0. The zero-order chi connectivity index (χ0) is 16.0. The van der Waals surface area contributed by atoms with Gasteiger partial charge in [-0.15, -0.1) is 0 Å². The number of amides is 1. The van der Waals surface area contributed by atoms with Crippen LogP contribution in [0, 0.1) is 5.41 Å². The van der Waals surface area contributed by atoms with Gasteiger partial charge in [0.1, 0.15) is 5.82 Å². The molecule has 22 heavy (non-hydrogen) atoms. The molecule has 0 radical (unpaired) electrons. The summed E-state index contributed by atoms with van der Waals surface area (Å²) in [6.07, 6.45) is 7.03. The van der Waals surface area contributed by atoms with E-state index >= 15 is 0 Å². The molecule has 0 aliphatic carbocycles. The Morgan fingerprint density at radius 3 is 2.45 bits per heavy atom. The van der Waals surface area contributed by atoms with E-state index in [9.17, 15) is 9.90 Å². The van der Waals surface area contributed by atoms with Crippen molar-refractivity contribution in [3.05, 3.63) is 48.4 Å². The van der Waals surface area contributed by atoms with Crippen molar-refractivity contribution in [2.45, 2.75) is 26.7 Å². The summed E-state index contributed by atoms with van der Waals surface area (Å²) in [5, 5.41) is 12.4. The van der Waals surface area contributed by atoms with Crippen LogP contribution < -0.4 is 5.32 Å². The minimum atomic E-state index is -0.242. The number of aliphatic hydroxyl groups excluding tert-OH is 1. The van der Waals surface area contributed by atoms with Gasteiger partial charge in [0, 0.05) is 30.6 Å². The van der Waals surface area contributed by atoms with E-state index in [2.05, 4.69) is 10.3 Å². The Morgan fingerprint density at radius 1 is 1.27 bits per heavy atom. The predicted octanol–water partition coefficient (Wildman–Crippen LogP) is 2.40. The van der Waals surface area contributed by atoms with Crippen LogP contribution in [0.25, 0.3) is 5.82 Å². The second kappa shape index (κ2) is 7.22. The molecule has 2 N–H and O–H groups in total. The van der Waals surface area contributed by atoms with Crippen LogP contribution in [0.5, 0.6) is 0 Å². The van der Waals surface area contributed by atoms with Crippen LogP contribution in [0.4, 0.5) is 0 Å². The van der Waals surface area contributed by atoms with Crippen LogP contribution in [-0.4, -0.2) is 33.7 Å². The van der Waals surface area contributed by atoms with Gasteiger partial charge >= 0.3 is 0 Å². The lowest BCUT2D eigenvalue weighted by Gasteiger charge is -2.29. The van der Waals surface area contributed by atoms with Crippen LogP contribution in [0.15, 0.2) is 42.9 Å². The minimum Gasteiger partial charge on any atom is -0.396 e. The summed E-state index contributed by atoms with van der Waals surface area (Å²) in [5.74, 6) is 0.611. The molecule has 0 aromatic carbocycles. The highest BCUT2D eigenvalue weighted by atomic mass is 16.3. The number of aliphatic hydroxyl groups is 1. The SMILES string of the molecule is CCC(CC)(CO)CNC(=O)c1ccc(-n2cccc2)nc1. The zero-order valence-electron chi connectivity index (χ0n) is 13.1. The second-order valence-corrected chi connectivity index (χ2v) is 5.54. The van der Waals surface area contributed by atoms with Gasteiger partial charge in [-0.2, -0.15) is 0 Å². The number of hydrogen-bond acceptors (Lipinski definition) is 3. The highest BCUT2D eigenvalue weighted by molar-refractivity contribution is 5.93. The van der Waals surface area contributed by atoms with Crippen molar-refractivity contribution in [2.75, 3.05) is 13.2 Å². The van der Waals surface area contributed by atoms with Gasteiger partial charge in [0.25, 0.3) is 5.91 Å². The molecule has 2 rings (SSSR count).